The first-order valence-electron chi connectivity index (χ1n) is 8.55. The molecular weight excluding hydrogens is 449 g/mol. The van der Waals surface area contributed by atoms with Crippen LogP contribution in [0.5, 0.6) is 5.75 Å². The first-order valence-corrected chi connectivity index (χ1v) is 9.53. The third-order valence-corrected chi connectivity index (χ3v) is 5.34. The molecule has 2 rings (SSSR count). The highest BCUT2D eigenvalue weighted by molar-refractivity contribution is 14.0. The molecule has 0 amide bonds. The Morgan fingerprint density at radius 1 is 1.40 bits per heavy atom. The third-order valence-electron chi connectivity index (χ3n) is 3.96. The molecule has 2 N–H and O–H groups in total. The Morgan fingerprint density at radius 2 is 2.20 bits per heavy atom. The van der Waals surface area contributed by atoms with Crippen LogP contribution in [0.15, 0.2) is 34.2 Å². The number of nitrogens with zero attached hydrogens (tertiary/aromatic N) is 1. The largest absolute Gasteiger partial charge is 0.496 e. The van der Waals surface area contributed by atoms with Gasteiger partial charge >= 0.3 is 0 Å². The van der Waals surface area contributed by atoms with Crippen molar-refractivity contribution >= 4 is 41.7 Å². The molecule has 25 heavy (non-hydrogen) atoms. The Labute approximate surface area is 172 Å². The normalized spacial score (nSPS) is 18.4. The summed E-state index contributed by atoms with van der Waals surface area (Å²) in [5.74, 6) is 3.33. The van der Waals surface area contributed by atoms with Gasteiger partial charge in [-0.15, -0.1) is 35.7 Å². The van der Waals surface area contributed by atoms with Gasteiger partial charge in [-0.1, -0.05) is 19.1 Å². The minimum atomic E-state index is 0. The summed E-state index contributed by atoms with van der Waals surface area (Å²) in [6.45, 7) is 4.83. The molecule has 5 nitrogen and oxygen atoms in total. The maximum Gasteiger partial charge on any atom is 0.191 e. The number of ether oxygens (including phenoxy) is 2. The van der Waals surface area contributed by atoms with Crippen LogP contribution < -0.4 is 15.4 Å². The van der Waals surface area contributed by atoms with Gasteiger partial charge in [0.2, 0.25) is 0 Å². The Hall–Kier alpha value is -0.670. The molecule has 0 saturated carbocycles. The highest BCUT2D eigenvalue weighted by Gasteiger charge is 2.15. The van der Waals surface area contributed by atoms with Gasteiger partial charge in [-0.25, -0.2) is 0 Å². The summed E-state index contributed by atoms with van der Waals surface area (Å²) in [4.78, 5) is 5.47. The van der Waals surface area contributed by atoms with E-state index in [4.69, 9.17) is 9.47 Å². The summed E-state index contributed by atoms with van der Waals surface area (Å²) in [6, 6.07) is 8.15. The lowest BCUT2D eigenvalue weighted by Crippen LogP contribution is -2.42. The topological polar surface area (TPSA) is 54.9 Å². The molecular formula is C18H30IN3O2S. The summed E-state index contributed by atoms with van der Waals surface area (Å²) >= 11 is 1.83. The quantitative estimate of drug-likeness (QED) is 0.259. The second kappa shape index (κ2) is 12.6. The molecule has 0 aliphatic carbocycles. The van der Waals surface area contributed by atoms with E-state index >= 15 is 0 Å². The van der Waals surface area contributed by atoms with Crippen LogP contribution in [-0.2, 0) is 4.74 Å². The second-order valence-electron chi connectivity index (χ2n) is 6.04. The van der Waals surface area contributed by atoms with E-state index in [1.54, 1.807) is 14.2 Å². The van der Waals surface area contributed by atoms with Crippen molar-refractivity contribution < 1.29 is 9.47 Å². The van der Waals surface area contributed by atoms with Crippen molar-refractivity contribution in [2.24, 2.45) is 10.9 Å². The first-order chi connectivity index (χ1) is 11.7. The van der Waals surface area contributed by atoms with E-state index in [-0.39, 0.29) is 24.0 Å². The highest BCUT2D eigenvalue weighted by atomic mass is 127. The van der Waals surface area contributed by atoms with Gasteiger partial charge in [0.05, 0.1) is 13.2 Å². The lowest BCUT2D eigenvalue weighted by atomic mass is 10.2. The number of halogens is 1. The molecule has 2 atom stereocenters. The van der Waals surface area contributed by atoms with Crippen molar-refractivity contribution in [2.45, 2.75) is 30.8 Å². The Bertz CT molecular complexity index is 525. The van der Waals surface area contributed by atoms with E-state index in [9.17, 15) is 0 Å². The van der Waals surface area contributed by atoms with E-state index in [1.807, 2.05) is 30.0 Å². The van der Waals surface area contributed by atoms with Crippen molar-refractivity contribution in [2.75, 3.05) is 39.6 Å². The maximum absolute atomic E-state index is 5.62. The lowest BCUT2D eigenvalue weighted by molar-refractivity contribution is 0.114. The average molecular weight is 479 g/mol. The van der Waals surface area contributed by atoms with Crippen LogP contribution in [0.4, 0.5) is 0 Å². The van der Waals surface area contributed by atoms with Crippen molar-refractivity contribution in [3.63, 3.8) is 0 Å². The summed E-state index contributed by atoms with van der Waals surface area (Å²) in [5, 5.41) is 6.74. The van der Waals surface area contributed by atoms with Crippen LogP contribution in [0, 0.1) is 5.92 Å². The monoisotopic (exact) mass is 479 g/mol. The molecule has 2 unspecified atom stereocenters. The van der Waals surface area contributed by atoms with E-state index in [0.29, 0.717) is 12.0 Å². The fourth-order valence-electron chi connectivity index (χ4n) is 2.54. The molecule has 0 radical (unpaired) electrons. The Morgan fingerprint density at radius 3 is 2.88 bits per heavy atom. The van der Waals surface area contributed by atoms with Gasteiger partial charge in [0.25, 0.3) is 0 Å². The summed E-state index contributed by atoms with van der Waals surface area (Å²) in [7, 11) is 3.52. The van der Waals surface area contributed by atoms with Gasteiger partial charge < -0.3 is 20.1 Å². The number of aliphatic imine (C=N–C) groups is 1. The van der Waals surface area contributed by atoms with Gasteiger partial charge in [-0.3, -0.25) is 4.99 Å². The van der Waals surface area contributed by atoms with Crippen LogP contribution >= 0.6 is 35.7 Å². The zero-order chi connectivity index (χ0) is 17.2. The number of thioether (sulfide) groups is 1. The van der Waals surface area contributed by atoms with Crippen LogP contribution in [0.1, 0.15) is 19.8 Å². The SMILES string of the molecule is CN=C(NCC(C)CSc1ccccc1OC)NCC1CCCO1.I. The molecule has 0 bridgehead atoms. The molecule has 0 aromatic heterocycles. The number of guanidine groups is 1. The van der Waals surface area contributed by atoms with Gasteiger partial charge in [0.1, 0.15) is 5.75 Å². The molecule has 1 aliphatic rings. The number of para-hydroxylation sites is 1. The molecule has 0 spiro atoms. The number of nitrogens with one attached hydrogen (secondary N) is 2. The van der Waals surface area contributed by atoms with Crippen LogP contribution in [0.2, 0.25) is 0 Å². The minimum absolute atomic E-state index is 0. The second-order valence-corrected chi connectivity index (χ2v) is 7.10. The van der Waals surface area contributed by atoms with E-state index < -0.39 is 0 Å². The van der Waals surface area contributed by atoms with E-state index in [0.717, 1.165) is 50.0 Å². The van der Waals surface area contributed by atoms with Gasteiger partial charge in [-0.2, -0.15) is 0 Å². The molecule has 142 valence electrons. The smallest absolute Gasteiger partial charge is 0.191 e. The van der Waals surface area contributed by atoms with Crippen molar-refractivity contribution in [3.8, 4) is 5.75 Å². The molecule has 1 saturated heterocycles. The third kappa shape index (κ3) is 8.04. The summed E-state index contributed by atoms with van der Waals surface area (Å²) in [6.07, 6.45) is 2.62. The van der Waals surface area contributed by atoms with Gasteiger partial charge in [0.15, 0.2) is 5.96 Å². The Balaban J connectivity index is 0.00000312. The number of hydrogen-bond acceptors (Lipinski definition) is 4. The fraction of sp³-hybridized carbons (Fsp3) is 0.611. The first kappa shape index (κ1) is 22.4. The predicted molar refractivity (Wildman–Crippen MR) is 117 cm³/mol. The van der Waals surface area contributed by atoms with E-state index in [1.165, 1.54) is 4.90 Å². The fourth-order valence-corrected chi connectivity index (χ4v) is 3.59. The standard InChI is InChI=1S/C18H29N3O2S.HI/c1-14(13-24-17-9-5-4-8-16(17)22-3)11-20-18(19-2)21-12-15-7-6-10-23-15;/h4-5,8-9,14-15H,6-7,10-13H2,1-3H3,(H2,19,20,21);1H. The minimum Gasteiger partial charge on any atom is -0.496 e. The van der Waals surface area contributed by atoms with Crippen LogP contribution in [-0.4, -0.2) is 51.7 Å². The van der Waals surface area contributed by atoms with Crippen molar-refractivity contribution in [3.05, 3.63) is 24.3 Å². The molecule has 1 aliphatic heterocycles. The molecule has 1 fully saturated rings. The zero-order valence-corrected chi connectivity index (χ0v) is 18.4. The maximum atomic E-state index is 5.62. The number of rotatable bonds is 8. The van der Waals surface area contributed by atoms with Gasteiger partial charge in [0, 0.05) is 37.4 Å². The van der Waals surface area contributed by atoms with Gasteiger partial charge in [-0.05, 0) is 30.9 Å². The van der Waals surface area contributed by atoms with Crippen LogP contribution in [0.3, 0.4) is 0 Å². The van der Waals surface area contributed by atoms with E-state index in [2.05, 4.69) is 28.6 Å². The number of hydrogen-bond donors (Lipinski definition) is 2. The number of benzene rings is 1. The summed E-state index contributed by atoms with van der Waals surface area (Å²) < 4.78 is 11.0. The lowest BCUT2D eigenvalue weighted by Gasteiger charge is -2.18. The molecule has 7 heteroatoms. The number of methoxy groups -OCH3 is 1. The molecule has 1 heterocycles. The Kier molecular flexibility index (Phi) is 11.3. The average Bonchev–Trinajstić information content (AvgIpc) is 3.13. The zero-order valence-electron chi connectivity index (χ0n) is 15.3. The van der Waals surface area contributed by atoms with Crippen molar-refractivity contribution in [1.29, 1.82) is 0 Å². The predicted octanol–water partition coefficient (Wildman–Crippen LogP) is 3.39. The molecule has 1 aromatic carbocycles. The van der Waals surface area contributed by atoms with Crippen molar-refractivity contribution in [1.82, 2.24) is 10.6 Å². The molecule has 1 aromatic rings. The highest BCUT2D eigenvalue weighted by Crippen LogP contribution is 2.29. The summed E-state index contributed by atoms with van der Waals surface area (Å²) in [5.41, 5.74) is 0. The van der Waals surface area contributed by atoms with Crippen LogP contribution in [0.25, 0.3) is 0 Å².